The van der Waals surface area contributed by atoms with Gasteiger partial charge in [0.25, 0.3) is 0 Å². The maximum absolute atomic E-state index is 4.11. The summed E-state index contributed by atoms with van der Waals surface area (Å²) in [7, 11) is 0. The molecule has 0 amide bonds. The van der Waals surface area contributed by atoms with Crippen LogP contribution in [0.5, 0.6) is 0 Å². The van der Waals surface area contributed by atoms with Gasteiger partial charge < -0.3 is 5.32 Å². The first-order valence-corrected chi connectivity index (χ1v) is 6.00. The summed E-state index contributed by atoms with van der Waals surface area (Å²) in [6.07, 6.45) is 14.4. The highest BCUT2D eigenvalue weighted by molar-refractivity contribution is 5.48. The Morgan fingerprint density at radius 1 is 1.41 bits per heavy atom. The Hall–Kier alpha value is -1.76. The van der Waals surface area contributed by atoms with Crippen molar-refractivity contribution < 1.29 is 0 Å². The maximum Gasteiger partial charge on any atom is 0.0454 e. The van der Waals surface area contributed by atoms with Gasteiger partial charge in [0.15, 0.2) is 0 Å². The highest BCUT2D eigenvalue weighted by Gasteiger charge is 2.08. The van der Waals surface area contributed by atoms with Crippen LogP contribution in [-0.4, -0.2) is 0 Å². The van der Waals surface area contributed by atoms with Crippen molar-refractivity contribution in [2.24, 2.45) is 0 Å². The van der Waals surface area contributed by atoms with E-state index < -0.39 is 0 Å². The molecule has 0 aliphatic heterocycles. The van der Waals surface area contributed by atoms with Crippen molar-refractivity contribution in [3.8, 4) is 0 Å². The molecule has 1 rings (SSSR count). The second-order valence-electron chi connectivity index (χ2n) is 3.95. The van der Waals surface area contributed by atoms with Gasteiger partial charge in [-0.25, -0.2) is 0 Å². The molecule has 1 aliphatic carbocycles. The second kappa shape index (κ2) is 6.74. The number of allylic oxidation sites excluding steroid dienone is 8. The average Bonchev–Trinajstić information content (AvgIpc) is 2.35. The summed E-state index contributed by atoms with van der Waals surface area (Å²) in [6, 6.07) is 0. The van der Waals surface area contributed by atoms with Gasteiger partial charge in [-0.1, -0.05) is 37.5 Å². The molecule has 1 N–H and O–H groups in total. The molecule has 0 aromatic heterocycles. The lowest BCUT2D eigenvalue weighted by Gasteiger charge is -2.17. The molecule has 0 bridgehead atoms. The fraction of sp³-hybridized carbons (Fsp3) is 0.250. The Morgan fingerprint density at radius 2 is 2.18 bits per heavy atom. The zero-order chi connectivity index (χ0) is 12.7. The molecule has 90 valence electrons. The van der Waals surface area contributed by atoms with E-state index in [1.54, 1.807) is 0 Å². The Kier molecular flexibility index (Phi) is 5.28. The summed E-state index contributed by atoms with van der Waals surface area (Å²) in [5.41, 5.74) is 4.43. The van der Waals surface area contributed by atoms with Crippen LogP contribution >= 0.6 is 0 Å². The molecule has 0 radical (unpaired) electrons. The molecule has 1 aliphatic rings. The summed E-state index contributed by atoms with van der Waals surface area (Å²) < 4.78 is 0. The van der Waals surface area contributed by atoms with Crippen molar-refractivity contribution in [1.82, 2.24) is 5.32 Å². The van der Waals surface area contributed by atoms with Crippen LogP contribution in [-0.2, 0) is 0 Å². The molecule has 0 aromatic carbocycles. The molecule has 17 heavy (non-hydrogen) atoms. The predicted molar refractivity (Wildman–Crippen MR) is 76.4 cm³/mol. The minimum absolute atomic E-state index is 1.03. The van der Waals surface area contributed by atoms with Crippen molar-refractivity contribution in [1.29, 1.82) is 0 Å². The summed E-state index contributed by atoms with van der Waals surface area (Å²) in [4.78, 5) is 0. The van der Waals surface area contributed by atoms with E-state index in [-0.39, 0.29) is 0 Å². The van der Waals surface area contributed by atoms with Gasteiger partial charge in [0, 0.05) is 17.0 Å². The van der Waals surface area contributed by atoms with Gasteiger partial charge in [-0.3, -0.25) is 0 Å². The largest absolute Gasteiger partial charge is 0.355 e. The molecule has 0 atom stereocenters. The van der Waals surface area contributed by atoms with E-state index >= 15 is 0 Å². The minimum Gasteiger partial charge on any atom is -0.355 e. The quantitative estimate of drug-likeness (QED) is 0.702. The monoisotopic (exact) mass is 227 g/mol. The van der Waals surface area contributed by atoms with Crippen LogP contribution in [0.1, 0.15) is 26.7 Å². The Morgan fingerprint density at radius 3 is 2.71 bits per heavy atom. The van der Waals surface area contributed by atoms with Crippen LogP contribution in [0.4, 0.5) is 0 Å². The molecule has 0 saturated carbocycles. The molecular formula is C16H21N. The van der Waals surface area contributed by atoms with Gasteiger partial charge in [-0.05, 0) is 44.4 Å². The number of nitrogens with one attached hydrogen (secondary N) is 1. The lowest BCUT2D eigenvalue weighted by Crippen LogP contribution is -2.13. The van der Waals surface area contributed by atoms with E-state index in [4.69, 9.17) is 0 Å². The van der Waals surface area contributed by atoms with E-state index in [0.29, 0.717) is 0 Å². The third-order valence-electron chi connectivity index (χ3n) is 2.71. The first kappa shape index (κ1) is 13.3. The molecule has 1 heteroatoms. The summed E-state index contributed by atoms with van der Waals surface area (Å²) in [5, 5.41) is 3.38. The van der Waals surface area contributed by atoms with Gasteiger partial charge in [0.05, 0.1) is 0 Å². The zero-order valence-corrected chi connectivity index (χ0v) is 10.8. The Bertz CT molecular complexity index is 417. The summed E-state index contributed by atoms with van der Waals surface area (Å²) >= 11 is 0. The SMILES string of the molecule is C=C/C(NC(/C=C\C)=C/C)=C1/C=CCCC1=C. The fourth-order valence-corrected chi connectivity index (χ4v) is 1.76. The van der Waals surface area contributed by atoms with E-state index in [1.165, 1.54) is 5.57 Å². The lowest BCUT2D eigenvalue weighted by atomic mass is 9.95. The first-order chi connectivity index (χ1) is 8.22. The smallest absolute Gasteiger partial charge is 0.0454 e. The van der Waals surface area contributed by atoms with Gasteiger partial charge >= 0.3 is 0 Å². The van der Waals surface area contributed by atoms with E-state index in [0.717, 1.165) is 29.8 Å². The summed E-state index contributed by atoms with van der Waals surface area (Å²) in [5.74, 6) is 0. The number of hydrogen-bond acceptors (Lipinski definition) is 1. The van der Waals surface area contributed by atoms with E-state index in [1.807, 2.05) is 38.2 Å². The maximum atomic E-state index is 4.11. The van der Waals surface area contributed by atoms with Crippen molar-refractivity contribution in [3.05, 3.63) is 72.2 Å². The van der Waals surface area contributed by atoms with Gasteiger partial charge in [0.2, 0.25) is 0 Å². The first-order valence-electron chi connectivity index (χ1n) is 6.00. The van der Waals surface area contributed by atoms with Crippen LogP contribution in [0.15, 0.2) is 72.2 Å². The van der Waals surface area contributed by atoms with Crippen LogP contribution < -0.4 is 5.32 Å². The van der Waals surface area contributed by atoms with Crippen LogP contribution in [0.2, 0.25) is 0 Å². The molecule has 0 aromatic rings. The van der Waals surface area contributed by atoms with E-state index in [2.05, 4.69) is 30.6 Å². The number of hydrogen-bond donors (Lipinski definition) is 1. The molecule has 0 saturated heterocycles. The topological polar surface area (TPSA) is 12.0 Å². The lowest BCUT2D eigenvalue weighted by molar-refractivity contribution is 0.942. The molecule has 1 nitrogen and oxygen atoms in total. The van der Waals surface area contributed by atoms with Crippen molar-refractivity contribution in [3.63, 3.8) is 0 Å². The van der Waals surface area contributed by atoms with Gasteiger partial charge in [-0.15, -0.1) is 0 Å². The standard InChI is InChI=1S/C16H21N/c1-5-10-14(6-2)17-16(7-3)15-12-9-8-11-13(15)4/h5-7,9-10,12,17H,3-4,8,11H2,1-2H3/b10-5-,14-6+,16-15+. The van der Waals surface area contributed by atoms with Crippen molar-refractivity contribution in [2.45, 2.75) is 26.7 Å². The fourth-order valence-electron chi connectivity index (χ4n) is 1.76. The normalized spacial score (nSPS) is 19.6. The average molecular weight is 227 g/mol. The third-order valence-corrected chi connectivity index (χ3v) is 2.71. The van der Waals surface area contributed by atoms with Gasteiger partial charge in [-0.2, -0.15) is 0 Å². The van der Waals surface area contributed by atoms with Crippen LogP contribution in [0.25, 0.3) is 0 Å². The molecule has 0 unspecified atom stereocenters. The number of rotatable bonds is 4. The molecular weight excluding hydrogens is 206 g/mol. The molecule has 0 fully saturated rings. The Balaban J connectivity index is 3.02. The third kappa shape index (κ3) is 3.63. The second-order valence-corrected chi connectivity index (χ2v) is 3.95. The van der Waals surface area contributed by atoms with Crippen LogP contribution in [0.3, 0.4) is 0 Å². The van der Waals surface area contributed by atoms with Crippen molar-refractivity contribution >= 4 is 0 Å². The minimum atomic E-state index is 1.03. The van der Waals surface area contributed by atoms with Gasteiger partial charge in [0.1, 0.15) is 0 Å². The van der Waals surface area contributed by atoms with E-state index in [9.17, 15) is 0 Å². The predicted octanol–water partition coefficient (Wildman–Crippen LogP) is 4.40. The highest BCUT2D eigenvalue weighted by Crippen LogP contribution is 2.24. The zero-order valence-electron chi connectivity index (χ0n) is 10.8. The highest BCUT2D eigenvalue weighted by atomic mass is 14.9. The Labute approximate surface area is 105 Å². The molecule has 0 heterocycles. The summed E-state index contributed by atoms with van der Waals surface area (Å²) in [6.45, 7) is 12.0. The molecule has 0 spiro atoms. The van der Waals surface area contributed by atoms with Crippen LogP contribution in [0, 0.1) is 0 Å². The van der Waals surface area contributed by atoms with Crippen molar-refractivity contribution in [2.75, 3.05) is 0 Å².